The van der Waals surface area contributed by atoms with Crippen LogP contribution in [0.3, 0.4) is 0 Å². The monoisotopic (exact) mass is 400 g/mol. The molecular weight excluding hydrogens is 388 g/mol. The number of nitrogens with one attached hydrogen (secondary N) is 2. The highest BCUT2D eigenvalue weighted by molar-refractivity contribution is 9.10. The lowest BCUT2D eigenvalue weighted by Gasteiger charge is -2.11. The number of benzene rings is 2. The Morgan fingerprint density at radius 3 is 2.52 bits per heavy atom. The SMILES string of the molecule is CC(=O)Nc1cccc(NC(=O)c2cc(Br)ccc2-n2cnnn2)c1. The molecule has 8 nitrogen and oxygen atoms in total. The minimum atomic E-state index is -0.327. The number of hydrogen-bond acceptors (Lipinski definition) is 5. The summed E-state index contributed by atoms with van der Waals surface area (Å²) in [6.45, 7) is 1.42. The minimum absolute atomic E-state index is 0.184. The number of halogens is 1. The van der Waals surface area contributed by atoms with Gasteiger partial charge in [-0.15, -0.1) is 5.10 Å². The summed E-state index contributed by atoms with van der Waals surface area (Å²) >= 11 is 3.36. The second-order valence-electron chi connectivity index (χ2n) is 5.13. The summed E-state index contributed by atoms with van der Waals surface area (Å²) in [5, 5.41) is 16.5. The number of tetrazole rings is 1. The van der Waals surface area contributed by atoms with Crippen molar-refractivity contribution in [3.63, 3.8) is 0 Å². The first kappa shape index (κ1) is 16.8. The van der Waals surface area contributed by atoms with Crippen molar-refractivity contribution in [2.45, 2.75) is 6.92 Å². The molecule has 25 heavy (non-hydrogen) atoms. The molecule has 9 heteroatoms. The van der Waals surface area contributed by atoms with Crippen LogP contribution in [0.1, 0.15) is 17.3 Å². The molecule has 126 valence electrons. The van der Waals surface area contributed by atoms with E-state index in [1.807, 2.05) is 0 Å². The number of hydrogen-bond donors (Lipinski definition) is 2. The van der Waals surface area contributed by atoms with Gasteiger partial charge in [-0.2, -0.15) is 4.68 Å². The average Bonchev–Trinajstić information content (AvgIpc) is 3.08. The standard InChI is InChI=1S/C16H13BrN6O2/c1-10(24)19-12-3-2-4-13(8-12)20-16(25)14-7-11(17)5-6-15(14)23-9-18-21-22-23/h2-9H,1H3,(H,19,24)(H,20,25). The molecule has 0 atom stereocenters. The van der Waals surface area contributed by atoms with Crippen LogP contribution in [0.5, 0.6) is 0 Å². The fourth-order valence-corrected chi connectivity index (χ4v) is 2.60. The van der Waals surface area contributed by atoms with E-state index in [2.05, 4.69) is 42.1 Å². The lowest BCUT2D eigenvalue weighted by Crippen LogP contribution is -2.16. The molecule has 1 heterocycles. The van der Waals surface area contributed by atoms with E-state index >= 15 is 0 Å². The summed E-state index contributed by atoms with van der Waals surface area (Å²) in [5.41, 5.74) is 2.09. The highest BCUT2D eigenvalue weighted by Gasteiger charge is 2.15. The van der Waals surface area contributed by atoms with Gasteiger partial charge in [0.15, 0.2) is 0 Å². The summed E-state index contributed by atoms with van der Waals surface area (Å²) in [6, 6.07) is 12.1. The summed E-state index contributed by atoms with van der Waals surface area (Å²) in [5.74, 6) is -0.511. The van der Waals surface area contributed by atoms with Crippen LogP contribution in [0.4, 0.5) is 11.4 Å². The van der Waals surface area contributed by atoms with Crippen molar-refractivity contribution >= 4 is 39.1 Å². The van der Waals surface area contributed by atoms with Crippen LogP contribution in [0.2, 0.25) is 0 Å². The van der Waals surface area contributed by atoms with Crippen LogP contribution in [-0.4, -0.2) is 32.0 Å². The zero-order chi connectivity index (χ0) is 17.8. The smallest absolute Gasteiger partial charge is 0.257 e. The molecular formula is C16H13BrN6O2. The minimum Gasteiger partial charge on any atom is -0.326 e. The predicted molar refractivity (Wildman–Crippen MR) is 95.6 cm³/mol. The van der Waals surface area contributed by atoms with Gasteiger partial charge in [-0.05, 0) is 46.8 Å². The fraction of sp³-hybridized carbons (Fsp3) is 0.0625. The van der Waals surface area contributed by atoms with Gasteiger partial charge < -0.3 is 10.6 Å². The van der Waals surface area contributed by atoms with E-state index < -0.39 is 0 Å². The first-order chi connectivity index (χ1) is 12.0. The molecule has 0 radical (unpaired) electrons. The molecule has 0 spiro atoms. The van der Waals surface area contributed by atoms with Gasteiger partial charge in [0, 0.05) is 22.8 Å². The molecule has 2 N–H and O–H groups in total. The lowest BCUT2D eigenvalue weighted by molar-refractivity contribution is -0.114. The Hall–Kier alpha value is -3.07. The molecule has 0 bridgehead atoms. The second kappa shape index (κ2) is 7.22. The van der Waals surface area contributed by atoms with E-state index in [1.54, 1.807) is 42.5 Å². The number of anilines is 2. The van der Waals surface area contributed by atoms with Gasteiger partial charge in [-0.1, -0.05) is 22.0 Å². The fourth-order valence-electron chi connectivity index (χ4n) is 2.24. The highest BCUT2D eigenvalue weighted by atomic mass is 79.9. The number of rotatable bonds is 4. The summed E-state index contributed by atoms with van der Waals surface area (Å²) in [6.07, 6.45) is 1.41. The Labute approximate surface area is 151 Å². The second-order valence-corrected chi connectivity index (χ2v) is 6.05. The molecule has 3 rings (SSSR count). The topological polar surface area (TPSA) is 102 Å². The number of aromatic nitrogens is 4. The Balaban J connectivity index is 1.89. The normalized spacial score (nSPS) is 10.3. The molecule has 3 aromatic rings. The molecule has 2 aromatic carbocycles. The summed E-state index contributed by atoms with van der Waals surface area (Å²) < 4.78 is 2.16. The zero-order valence-corrected chi connectivity index (χ0v) is 14.7. The van der Waals surface area contributed by atoms with E-state index in [0.717, 1.165) is 4.47 Å². The van der Waals surface area contributed by atoms with Crippen molar-refractivity contribution < 1.29 is 9.59 Å². The zero-order valence-electron chi connectivity index (χ0n) is 13.1. The van der Waals surface area contributed by atoms with Gasteiger partial charge in [0.05, 0.1) is 11.3 Å². The van der Waals surface area contributed by atoms with Crippen LogP contribution in [0, 0.1) is 0 Å². The van der Waals surface area contributed by atoms with Gasteiger partial charge in [-0.25, -0.2) is 0 Å². The maximum absolute atomic E-state index is 12.7. The van der Waals surface area contributed by atoms with Crippen molar-refractivity contribution in [3.8, 4) is 5.69 Å². The maximum Gasteiger partial charge on any atom is 0.257 e. The highest BCUT2D eigenvalue weighted by Crippen LogP contribution is 2.22. The van der Waals surface area contributed by atoms with Crippen LogP contribution < -0.4 is 10.6 Å². The van der Waals surface area contributed by atoms with Crippen molar-refractivity contribution in [2.75, 3.05) is 10.6 Å². The molecule has 0 aliphatic heterocycles. The first-order valence-corrected chi connectivity index (χ1v) is 8.04. The Bertz CT molecular complexity index is 926. The summed E-state index contributed by atoms with van der Waals surface area (Å²) in [7, 11) is 0. The molecule has 1 aromatic heterocycles. The van der Waals surface area contributed by atoms with Crippen molar-refractivity contribution in [3.05, 3.63) is 58.8 Å². The summed E-state index contributed by atoms with van der Waals surface area (Å²) in [4.78, 5) is 23.9. The quantitative estimate of drug-likeness (QED) is 0.700. The van der Waals surface area contributed by atoms with Crippen molar-refractivity contribution in [2.24, 2.45) is 0 Å². The van der Waals surface area contributed by atoms with Crippen LogP contribution in [-0.2, 0) is 4.79 Å². The number of carbonyl (C=O) groups is 2. The molecule has 0 saturated heterocycles. The third-order valence-corrected chi connectivity index (χ3v) is 3.73. The van der Waals surface area contributed by atoms with Gasteiger partial charge in [0.2, 0.25) is 5.91 Å². The van der Waals surface area contributed by atoms with E-state index in [9.17, 15) is 9.59 Å². The molecule has 0 unspecified atom stereocenters. The molecule has 0 saturated carbocycles. The van der Waals surface area contributed by atoms with E-state index in [1.165, 1.54) is 17.9 Å². The van der Waals surface area contributed by atoms with Gasteiger partial charge in [0.25, 0.3) is 5.91 Å². The van der Waals surface area contributed by atoms with E-state index in [-0.39, 0.29) is 11.8 Å². The Morgan fingerprint density at radius 2 is 1.84 bits per heavy atom. The largest absolute Gasteiger partial charge is 0.326 e. The molecule has 0 aliphatic rings. The van der Waals surface area contributed by atoms with Gasteiger partial charge in [0.1, 0.15) is 6.33 Å². The Kier molecular flexibility index (Phi) is 4.85. The van der Waals surface area contributed by atoms with E-state index in [0.29, 0.717) is 22.6 Å². The molecule has 0 aliphatic carbocycles. The number of nitrogens with zero attached hydrogens (tertiary/aromatic N) is 4. The van der Waals surface area contributed by atoms with Gasteiger partial charge in [-0.3, -0.25) is 9.59 Å². The molecule has 0 fully saturated rings. The average molecular weight is 401 g/mol. The third kappa shape index (κ3) is 4.07. The predicted octanol–water partition coefficient (Wildman–Crippen LogP) is 2.64. The van der Waals surface area contributed by atoms with Crippen LogP contribution in [0.25, 0.3) is 5.69 Å². The van der Waals surface area contributed by atoms with Crippen molar-refractivity contribution in [1.29, 1.82) is 0 Å². The Morgan fingerprint density at radius 1 is 1.08 bits per heavy atom. The first-order valence-electron chi connectivity index (χ1n) is 7.25. The van der Waals surface area contributed by atoms with Crippen LogP contribution in [0.15, 0.2) is 53.3 Å². The lowest BCUT2D eigenvalue weighted by atomic mass is 10.1. The maximum atomic E-state index is 12.7. The van der Waals surface area contributed by atoms with Gasteiger partial charge >= 0.3 is 0 Å². The third-order valence-electron chi connectivity index (χ3n) is 3.24. The number of amides is 2. The molecule has 2 amide bonds. The van der Waals surface area contributed by atoms with E-state index in [4.69, 9.17) is 0 Å². The van der Waals surface area contributed by atoms with Crippen molar-refractivity contribution in [1.82, 2.24) is 20.2 Å². The number of carbonyl (C=O) groups excluding carboxylic acids is 2. The van der Waals surface area contributed by atoms with Crippen LogP contribution >= 0.6 is 15.9 Å².